The average molecular weight is 306 g/mol. The number of ether oxygens (including phenoxy) is 1. The van der Waals surface area contributed by atoms with E-state index in [1.807, 2.05) is 38.1 Å². The summed E-state index contributed by atoms with van der Waals surface area (Å²) in [5.41, 5.74) is 0.856. The third kappa shape index (κ3) is 4.53. The minimum atomic E-state index is -0.344. The SMILES string of the molecule is CC[C@H](C)OC(=O)CCC(=O)Nc1nc2ccccc2s1. The van der Waals surface area contributed by atoms with Crippen molar-refractivity contribution in [2.24, 2.45) is 0 Å². The number of carbonyl (C=O) groups excluding carboxylic acids is 2. The van der Waals surface area contributed by atoms with Gasteiger partial charge < -0.3 is 10.1 Å². The van der Waals surface area contributed by atoms with Crippen molar-refractivity contribution < 1.29 is 14.3 Å². The van der Waals surface area contributed by atoms with Crippen molar-refractivity contribution in [1.82, 2.24) is 4.98 Å². The van der Waals surface area contributed by atoms with E-state index < -0.39 is 0 Å². The summed E-state index contributed by atoms with van der Waals surface area (Å²) >= 11 is 1.41. The van der Waals surface area contributed by atoms with Crippen LogP contribution in [0, 0.1) is 0 Å². The molecule has 112 valence electrons. The third-order valence-electron chi connectivity index (χ3n) is 3.00. The molecule has 5 nitrogen and oxygen atoms in total. The van der Waals surface area contributed by atoms with E-state index in [1.54, 1.807) is 0 Å². The number of thiazole rings is 1. The van der Waals surface area contributed by atoms with Gasteiger partial charge in [-0.25, -0.2) is 4.98 Å². The fraction of sp³-hybridized carbons (Fsp3) is 0.400. The minimum absolute atomic E-state index is 0.0844. The first-order chi connectivity index (χ1) is 10.1. The van der Waals surface area contributed by atoms with E-state index in [-0.39, 0.29) is 30.8 Å². The predicted molar refractivity (Wildman–Crippen MR) is 83.3 cm³/mol. The molecule has 0 aliphatic rings. The molecular formula is C15H18N2O3S. The number of aromatic nitrogens is 1. The maximum Gasteiger partial charge on any atom is 0.306 e. The number of benzene rings is 1. The average Bonchev–Trinajstić information content (AvgIpc) is 2.87. The van der Waals surface area contributed by atoms with Crippen LogP contribution in [0.4, 0.5) is 5.13 Å². The van der Waals surface area contributed by atoms with Gasteiger partial charge in [0.1, 0.15) is 0 Å². The molecule has 1 aromatic heterocycles. The lowest BCUT2D eigenvalue weighted by Crippen LogP contribution is -2.17. The van der Waals surface area contributed by atoms with E-state index in [9.17, 15) is 9.59 Å². The second-order valence-corrected chi connectivity index (χ2v) is 5.77. The number of amides is 1. The fourth-order valence-corrected chi connectivity index (χ4v) is 2.57. The fourth-order valence-electron chi connectivity index (χ4n) is 1.69. The molecule has 0 aliphatic heterocycles. The minimum Gasteiger partial charge on any atom is -0.463 e. The highest BCUT2D eigenvalue weighted by atomic mass is 32.1. The van der Waals surface area contributed by atoms with E-state index in [0.29, 0.717) is 5.13 Å². The van der Waals surface area contributed by atoms with Crippen molar-refractivity contribution in [3.8, 4) is 0 Å². The molecule has 0 saturated heterocycles. The number of carbonyl (C=O) groups is 2. The molecule has 0 fully saturated rings. The Morgan fingerprint density at radius 3 is 2.81 bits per heavy atom. The van der Waals surface area contributed by atoms with Gasteiger partial charge in [0.25, 0.3) is 0 Å². The van der Waals surface area contributed by atoms with Crippen LogP contribution >= 0.6 is 11.3 Å². The van der Waals surface area contributed by atoms with Crippen LogP contribution in [0.2, 0.25) is 0 Å². The summed E-state index contributed by atoms with van der Waals surface area (Å²) in [5.74, 6) is -0.570. The topological polar surface area (TPSA) is 68.3 Å². The van der Waals surface area contributed by atoms with Gasteiger partial charge in [-0.05, 0) is 25.5 Å². The molecule has 0 aliphatic carbocycles. The summed E-state index contributed by atoms with van der Waals surface area (Å²) in [6, 6.07) is 7.67. The van der Waals surface area contributed by atoms with E-state index in [0.717, 1.165) is 16.6 Å². The molecule has 0 spiro atoms. The normalized spacial score (nSPS) is 12.1. The number of para-hydroxylation sites is 1. The highest BCUT2D eigenvalue weighted by Crippen LogP contribution is 2.25. The molecule has 1 amide bonds. The van der Waals surface area contributed by atoms with E-state index in [1.165, 1.54) is 11.3 Å². The first-order valence-electron chi connectivity index (χ1n) is 6.93. The maximum absolute atomic E-state index is 11.8. The van der Waals surface area contributed by atoms with Crippen LogP contribution in [0.15, 0.2) is 24.3 Å². The van der Waals surface area contributed by atoms with Crippen molar-refractivity contribution in [3.05, 3.63) is 24.3 Å². The Hall–Kier alpha value is -1.95. The zero-order chi connectivity index (χ0) is 15.2. The number of anilines is 1. The molecule has 1 atom stereocenters. The summed E-state index contributed by atoms with van der Waals surface area (Å²) in [7, 11) is 0. The highest BCUT2D eigenvalue weighted by molar-refractivity contribution is 7.22. The molecule has 2 rings (SSSR count). The molecule has 1 N–H and O–H groups in total. The van der Waals surface area contributed by atoms with Crippen molar-refractivity contribution in [1.29, 1.82) is 0 Å². The largest absolute Gasteiger partial charge is 0.463 e. The zero-order valence-corrected chi connectivity index (χ0v) is 12.9. The number of rotatable bonds is 6. The standard InChI is InChI=1S/C15H18N2O3S/c1-3-10(2)20-14(19)9-8-13(18)17-15-16-11-6-4-5-7-12(11)21-15/h4-7,10H,3,8-9H2,1-2H3,(H,16,17,18)/t10-/m0/s1. The first-order valence-corrected chi connectivity index (χ1v) is 7.75. The zero-order valence-electron chi connectivity index (χ0n) is 12.1. The summed E-state index contributed by atoms with van der Waals surface area (Å²) in [4.78, 5) is 27.6. The molecule has 21 heavy (non-hydrogen) atoms. The van der Waals surface area contributed by atoms with Gasteiger partial charge in [-0.1, -0.05) is 30.4 Å². The molecule has 0 bridgehead atoms. The number of nitrogens with one attached hydrogen (secondary N) is 1. The van der Waals surface area contributed by atoms with Crippen molar-refractivity contribution in [2.75, 3.05) is 5.32 Å². The van der Waals surface area contributed by atoms with E-state index >= 15 is 0 Å². The van der Waals surface area contributed by atoms with Crippen LogP contribution in [0.25, 0.3) is 10.2 Å². The molecule has 6 heteroatoms. The summed E-state index contributed by atoms with van der Waals surface area (Å²) in [6.07, 6.45) is 0.848. The molecule has 2 aromatic rings. The van der Waals surface area contributed by atoms with Gasteiger partial charge in [0, 0.05) is 6.42 Å². The molecule has 0 unspecified atom stereocenters. The van der Waals surface area contributed by atoms with Crippen LogP contribution in [-0.4, -0.2) is 23.0 Å². The van der Waals surface area contributed by atoms with Gasteiger partial charge in [-0.3, -0.25) is 9.59 Å². The molecule has 0 radical (unpaired) electrons. The van der Waals surface area contributed by atoms with Gasteiger partial charge in [-0.2, -0.15) is 0 Å². The Morgan fingerprint density at radius 2 is 2.10 bits per heavy atom. The summed E-state index contributed by atoms with van der Waals surface area (Å²) < 4.78 is 6.13. The Labute approximate surface area is 127 Å². The molecule has 1 aromatic carbocycles. The number of fused-ring (bicyclic) bond motifs is 1. The van der Waals surface area contributed by atoms with E-state index in [4.69, 9.17) is 4.74 Å². The Bertz CT molecular complexity index is 606. The van der Waals surface area contributed by atoms with Crippen molar-refractivity contribution in [3.63, 3.8) is 0 Å². The van der Waals surface area contributed by atoms with Crippen LogP contribution < -0.4 is 5.32 Å². The smallest absolute Gasteiger partial charge is 0.306 e. The van der Waals surface area contributed by atoms with Crippen LogP contribution in [-0.2, 0) is 14.3 Å². The molecular weight excluding hydrogens is 288 g/mol. The maximum atomic E-state index is 11.8. The lowest BCUT2D eigenvalue weighted by Gasteiger charge is -2.10. The first kappa shape index (κ1) is 15.4. The van der Waals surface area contributed by atoms with Crippen LogP contribution in [0.5, 0.6) is 0 Å². The van der Waals surface area contributed by atoms with Gasteiger partial charge in [0.2, 0.25) is 5.91 Å². The van der Waals surface area contributed by atoms with Gasteiger partial charge in [-0.15, -0.1) is 0 Å². The second-order valence-electron chi connectivity index (χ2n) is 4.74. The number of hydrogen-bond donors (Lipinski definition) is 1. The predicted octanol–water partition coefficient (Wildman–Crippen LogP) is 3.36. The number of hydrogen-bond acceptors (Lipinski definition) is 5. The van der Waals surface area contributed by atoms with Gasteiger partial charge in [0.15, 0.2) is 5.13 Å². The van der Waals surface area contributed by atoms with Crippen molar-refractivity contribution in [2.45, 2.75) is 39.2 Å². The highest BCUT2D eigenvalue weighted by Gasteiger charge is 2.12. The van der Waals surface area contributed by atoms with E-state index in [2.05, 4.69) is 10.3 Å². The van der Waals surface area contributed by atoms with Gasteiger partial charge in [0.05, 0.1) is 22.7 Å². The van der Waals surface area contributed by atoms with Crippen LogP contribution in [0.1, 0.15) is 33.1 Å². The Balaban J connectivity index is 1.83. The summed E-state index contributed by atoms with van der Waals surface area (Å²) in [5, 5.41) is 3.27. The quantitative estimate of drug-likeness (QED) is 0.831. The number of nitrogens with zero attached hydrogens (tertiary/aromatic N) is 1. The molecule has 0 saturated carbocycles. The lowest BCUT2D eigenvalue weighted by molar-refractivity contribution is -0.149. The van der Waals surface area contributed by atoms with Crippen LogP contribution in [0.3, 0.4) is 0 Å². The Morgan fingerprint density at radius 1 is 1.33 bits per heavy atom. The lowest BCUT2D eigenvalue weighted by atomic mass is 10.3. The summed E-state index contributed by atoms with van der Waals surface area (Å²) in [6.45, 7) is 3.77. The Kier molecular flexibility index (Phi) is 5.27. The second kappa shape index (κ2) is 7.17. The van der Waals surface area contributed by atoms with Crippen molar-refractivity contribution >= 4 is 38.6 Å². The monoisotopic (exact) mass is 306 g/mol. The third-order valence-corrected chi connectivity index (χ3v) is 3.96. The molecule has 1 heterocycles. The number of esters is 1. The van der Waals surface area contributed by atoms with Gasteiger partial charge >= 0.3 is 5.97 Å².